The first-order valence-corrected chi connectivity index (χ1v) is 10.7. The summed E-state index contributed by atoms with van der Waals surface area (Å²) < 4.78 is 0. The summed E-state index contributed by atoms with van der Waals surface area (Å²) in [5.41, 5.74) is 3.75. The summed E-state index contributed by atoms with van der Waals surface area (Å²) in [6, 6.07) is 7.37. The number of pyridine rings is 1. The molecule has 150 valence electrons. The molecule has 2 N–H and O–H groups in total. The van der Waals surface area contributed by atoms with Gasteiger partial charge in [0, 0.05) is 29.6 Å². The number of hydroxylamine groups is 1. The lowest BCUT2D eigenvalue weighted by Crippen LogP contribution is -2.44. The van der Waals surface area contributed by atoms with Crippen molar-refractivity contribution >= 4 is 34.5 Å². The molecule has 1 aliphatic heterocycles. The number of thiazole rings is 1. The molecule has 3 aromatic heterocycles. The molecule has 9 heteroatoms. The van der Waals surface area contributed by atoms with E-state index in [2.05, 4.69) is 23.8 Å². The Morgan fingerprint density at radius 3 is 2.76 bits per heavy atom. The van der Waals surface area contributed by atoms with E-state index >= 15 is 0 Å². The fourth-order valence-corrected chi connectivity index (χ4v) is 5.74. The predicted molar refractivity (Wildman–Crippen MR) is 111 cm³/mol. The number of amides is 2. The van der Waals surface area contributed by atoms with Crippen LogP contribution in [0.4, 0.5) is 0 Å². The number of carbonyl (C=O) groups excluding carboxylic acids is 2. The van der Waals surface area contributed by atoms with Gasteiger partial charge in [-0.1, -0.05) is 19.9 Å². The predicted octanol–water partition coefficient (Wildman–Crippen LogP) is 3.63. The Morgan fingerprint density at radius 1 is 1.28 bits per heavy atom. The van der Waals surface area contributed by atoms with E-state index in [4.69, 9.17) is 5.21 Å². The minimum atomic E-state index is -0.531. The SMILES string of the molecule is Cc1nc(-c2ccccn2)sc1C(=O)N1Cc2cc(C(=O)NO)sc2C(C)(C)C1. The summed E-state index contributed by atoms with van der Waals surface area (Å²) in [6.07, 6.45) is 1.71. The van der Waals surface area contributed by atoms with Gasteiger partial charge in [0.25, 0.3) is 11.8 Å². The largest absolute Gasteiger partial charge is 0.333 e. The number of hydrogen-bond acceptors (Lipinski definition) is 7. The summed E-state index contributed by atoms with van der Waals surface area (Å²) in [6.45, 7) is 6.91. The molecule has 0 aromatic carbocycles. The second-order valence-electron chi connectivity index (χ2n) is 7.60. The van der Waals surface area contributed by atoms with Gasteiger partial charge in [-0.05, 0) is 30.7 Å². The maximum Gasteiger partial charge on any atom is 0.284 e. The van der Waals surface area contributed by atoms with Crippen LogP contribution in [0.25, 0.3) is 10.7 Å². The maximum absolute atomic E-state index is 13.3. The Balaban J connectivity index is 1.64. The van der Waals surface area contributed by atoms with Gasteiger partial charge in [-0.2, -0.15) is 0 Å². The number of nitrogens with one attached hydrogen (secondary N) is 1. The third-order valence-corrected chi connectivity index (χ3v) is 7.57. The van der Waals surface area contributed by atoms with Gasteiger partial charge < -0.3 is 4.90 Å². The van der Waals surface area contributed by atoms with Crippen LogP contribution >= 0.6 is 22.7 Å². The number of hydrogen-bond donors (Lipinski definition) is 2. The zero-order valence-corrected chi connectivity index (χ0v) is 17.9. The van der Waals surface area contributed by atoms with E-state index in [-0.39, 0.29) is 11.3 Å². The minimum Gasteiger partial charge on any atom is -0.333 e. The van der Waals surface area contributed by atoms with Crippen molar-refractivity contribution in [3.05, 3.63) is 56.4 Å². The average Bonchev–Trinajstić information content (AvgIpc) is 3.31. The molecular weight excluding hydrogens is 408 g/mol. The Morgan fingerprint density at radius 2 is 2.07 bits per heavy atom. The first kappa shape index (κ1) is 19.7. The van der Waals surface area contributed by atoms with Crippen LogP contribution in [0.5, 0.6) is 0 Å². The van der Waals surface area contributed by atoms with E-state index in [0.29, 0.717) is 28.5 Å². The van der Waals surface area contributed by atoms with Crippen LogP contribution < -0.4 is 5.48 Å². The van der Waals surface area contributed by atoms with Gasteiger partial charge >= 0.3 is 0 Å². The van der Waals surface area contributed by atoms with Gasteiger partial charge in [0.2, 0.25) is 0 Å². The summed E-state index contributed by atoms with van der Waals surface area (Å²) in [7, 11) is 0. The first-order valence-electron chi connectivity index (χ1n) is 9.06. The van der Waals surface area contributed by atoms with E-state index in [1.165, 1.54) is 22.7 Å². The van der Waals surface area contributed by atoms with Crippen LogP contribution in [-0.2, 0) is 12.0 Å². The van der Waals surface area contributed by atoms with Gasteiger partial charge in [0.15, 0.2) is 0 Å². The third kappa shape index (κ3) is 3.57. The molecular formula is C20H20N4O3S2. The second-order valence-corrected chi connectivity index (χ2v) is 9.65. The highest BCUT2D eigenvalue weighted by Crippen LogP contribution is 2.40. The quantitative estimate of drug-likeness (QED) is 0.491. The Hall–Kier alpha value is -2.62. The van der Waals surface area contributed by atoms with Crippen molar-refractivity contribution < 1.29 is 14.8 Å². The number of aryl methyl sites for hydroxylation is 1. The van der Waals surface area contributed by atoms with Crippen molar-refractivity contribution in [2.24, 2.45) is 0 Å². The van der Waals surface area contributed by atoms with Crippen LogP contribution in [0.3, 0.4) is 0 Å². The van der Waals surface area contributed by atoms with Crippen LogP contribution in [0.15, 0.2) is 30.5 Å². The van der Waals surface area contributed by atoms with Crippen molar-refractivity contribution in [1.29, 1.82) is 0 Å². The van der Waals surface area contributed by atoms with E-state index in [0.717, 1.165) is 21.1 Å². The molecule has 1 aliphatic rings. The Bertz CT molecular complexity index is 1090. The summed E-state index contributed by atoms with van der Waals surface area (Å²) in [5, 5.41) is 9.65. The molecule has 7 nitrogen and oxygen atoms in total. The van der Waals surface area contributed by atoms with Crippen molar-refractivity contribution in [3.8, 4) is 10.7 Å². The fraction of sp³-hybridized carbons (Fsp3) is 0.300. The molecule has 0 radical (unpaired) electrons. The number of carbonyl (C=O) groups is 2. The minimum absolute atomic E-state index is 0.0692. The average molecular weight is 429 g/mol. The zero-order chi connectivity index (χ0) is 20.8. The molecule has 0 aliphatic carbocycles. The number of aromatic nitrogens is 2. The topological polar surface area (TPSA) is 95.4 Å². The summed E-state index contributed by atoms with van der Waals surface area (Å²) in [5.74, 6) is -0.600. The lowest BCUT2D eigenvalue weighted by atomic mass is 9.85. The summed E-state index contributed by atoms with van der Waals surface area (Å²) in [4.78, 5) is 37.9. The summed E-state index contributed by atoms with van der Waals surface area (Å²) >= 11 is 2.71. The van der Waals surface area contributed by atoms with Crippen molar-refractivity contribution in [2.75, 3.05) is 6.54 Å². The van der Waals surface area contributed by atoms with E-state index < -0.39 is 5.91 Å². The van der Waals surface area contributed by atoms with Gasteiger partial charge in [-0.15, -0.1) is 22.7 Å². The second kappa shape index (κ2) is 7.33. The van der Waals surface area contributed by atoms with Gasteiger partial charge in [0.1, 0.15) is 9.88 Å². The highest BCUT2D eigenvalue weighted by atomic mass is 32.1. The molecule has 0 saturated heterocycles. The highest BCUT2D eigenvalue weighted by Gasteiger charge is 2.37. The lowest BCUT2D eigenvalue weighted by molar-refractivity contribution is 0.0693. The monoisotopic (exact) mass is 428 g/mol. The Labute approximate surface area is 176 Å². The van der Waals surface area contributed by atoms with Crippen LogP contribution in [0.2, 0.25) is 0 Å². The fourth-order valence-electron chi connectivity index (χ4n) is 3.58. The molecule has 0 unspecified atom stereocenters. The normalized spacial score (nSPS) is 15.1. The molecule has 0 fully saturated rings. The van der Waals surface area contributed by atoms with Crippen LogP contribution in [-0.4, -0.2) is 38.4 Å². The molecule has 4 heterocycles. The molecule has 0 spiro atoms. The van der Waals surface area contributed by atoms with Gasteiger partial charge in [-0.25, -0.2) is 10.5 Å². The number of fused-ring (bicyclic) bond motifs is 1. The Kier molecular flexibility index (Phi) is 4.97. The van der Waals surface area contributed by atoms with E-state index in [1.807, 2.05) is 25.1 Å². The van der Waals surface area contributed by atoms with E-state index in [1.54, 1.807) is 22.6 Å². The van der Waals surface area contributed by atoms with Crippen LogP contribution in [0.1, 0.15) is 49.3 Å². The molecule has 2 amide bonds. The van der Waals surface area contributed by atoms with Crippen molar-refractivity contribution in [1.82, 2.24) is 20.3 Å². The van der Waals surface area contributed by atoms with Gasteiger partial charge in [-0.3, -0.25) is 19.8 Å². The molecule has 0 bridgehead atoms. The smallest absolute Gasteiger partial charge is 0.284 e. The highest BCUT2D eigenvalue weighted by molar-refractivity contribution is 7.17. The standard InChI is InChI=1S/C20H20N4O3S2/c1-11-15(29-18(22-11)13-6-4-5-7-21-13)19(26)24-9-12-8-14(17(25)23-27)28-16(12)20(2,3)10-24/h4-8,27H,9-10H2,1-3H3,(H,23,25). The third-order valence-electron chi connectivity index (χ3n) is 4.86. The van der Waals surface area contributed by atoms with Crippen molar-refractivity contribution in [3.63, 3.8) is 0 Å². The van der Waals surface area contributed by atoms with Crippen molar-refractivity contribution in [2.45, 2.75) is 32.7 Å². The maximum atomic E-state index is 13.3. The lowest BCUT2D eigenvalue weighted by Gasteiger charge is -2.37. The molecule has 0 atom stereocenters. The van der Waals surface area contributed by atoms with Crippen LogP contribution in [0, 0.1) is 6.92 Å². The first-order chi connectivity index (χ1) is 13.8. The van der Waals surface area contributed by atoms with Gasteiger partial charge in [0.05, 0.1) is 16.3 Å². The zero-order valence-electron chi connectivity index (χ0n) is 16.2. The molecule has 0 saturated carbocycles. The number of thiophene rings is 1. The van der Waals surface area contributed by atoms with E-state index in [9.17, 15) is 9.59 Å². The number of nitrogens with zero attached hydrogens (tertiary/aromatic N) is 3. The molecule has 4 rings (SSSR count). The molecule has 3 aromatic rings. The number of rotatable bonds is 3. The molecule has 29 heavy (non-hydrogen) atoms.